The molecule has 0 fully saturated rings. The van der Waals surface area contributed by atoms with Crippen LogP contribution in [0.15, 0.2) is 41.2 Å². The van der Waals surface area contributed by atoms with Crippen molar-refractivity contribution in [2.75, 3.05) is 26.2 Å². The Kier molecular flexibility index (Phi) is 8.60. The van der Waals surface area contributed by atoms with Crippen molar-refractivity contribution in [1.29, 1.82) is 0 Å². The predicted molar refractivity (Wildman–Crippen MR) is 127 cm³/mol. The second-order valence-corrected chi connectivity index (χ2v) is 10.4. The summed E-state index contributed by atoms with van der Waals surface area (Å²) < 4.78 is 43.3. The second kappa shape index (κ2) is 11.2. The highest BCUT2D eigenvalue weighted by molar-refractivity contribution is 7.89. The number of ether oxygens (including phenoxy) is 1. The molecular weight excluding hydrogens is 469 g/mol. The molecule has 0 amide bonds. The van der Waals surface area contributed by atoms with Gasteiger partial charge in [0.05, 0.1) is 11.3 Å². The van der Waals surface area contributed by atoms with Crippen LogP contribution in [0.4, 0.5) is 4.39 Å². The minimum Gasteiger partial charge on any atom is -0.506 e. The van der Waals surface area contributed by atoms with Gasteiger partial charge in [0.2, 0.25) is 10.0 Å². The maximum Gasteiger partial charge on any atom is 0.305 e. The van der Waals surface area contributed by atoms with Gasteiger partial charge in [-0.05, 0) is 48.7 Å². The van der Waals surface area contributed by atoms with Gasteiger partial charge in [-0.3, -0.25) is 4.79 Å². The van der Waals surface area contributed by atoms with Crippen LogP contribution >= 0.6 is 11.3 Å². The first-order valence-electron chi connectivity index (χ1n) is 10.6. The van der Waals surface area contributed by atoms with Crippen LogP contribution in [-0.2, 0) is 27.6 Å². The fraction of sp³-hybridized carbons (Fsp3) is 0.409. The topological polar surface area (TPSA) is 126 Å². The number of rotatable bonds is 12. The molecule has 33 heavy (non-hydrogen) atoms. The summed E-state index contributed by atoms with van der Waals surface area (Å²) in [6.45, 7) is 3.91. The standard InChI is InChI=1S/C22H28FN3O5S2/c1-2-26(12-9-16-5-8-18(27)20-21(16)32-22(28)25-20)13-10-19(33(24,29)30)31-14-11-15-3-6-17(23)7-4-15/h3-8,19,27H,2,9-14H2,1H3,(H,25,28)(H2,24,29,30). The van der Waals surface area contributed by atoms with Crippen LogP contribution in [0, 0.1) is 5.82 Å². The molecule has 180 valence electrons. The molecule has 1 unspecified atom stereocenters. The van der Waals surface area contributed by atoms with Crippen LogP contribution in [0.25, 0.3) is 10.2 Å². The lowest BCUT2D eigenvalue weighted by Crippen LogP contribution is -2.36. The maximum atomic E-state index is 13.0. The number of nitrogens with two attached hydrogens (primary N) is 1. The minimum atomic E-state index is -3.90. The number of nitrogens with zero attached hydrogens (tertiary/aromatic N) is 1. The molecule has 4 N–H and O–H groups in total. The van der Waals surface area contributed by atoms with E-state index in [4.69, 9.17) is 9.88 Å². The third-order valence-corrected chi connectivity index (χ3v) is 7.50. The highest BCUT2D eigenvalue weighted by Crippen LogP contribution is 2.28. The molecular formula is C22H28FN3O5S2. The highest BCUT2D eigenvalue weighted by Gasteiger charge is 2.23. The molecule has 0 saturated heterocycles. The summed E-state index contributed by atoms with van der Waals surface area (Å²) >= 11 is 1.06. The Morgan fingerprint density at radius 2 is 1.91 bits per heavy atom. The van der Waals surface area contributed by atoms with E-state index in [0.29, 0.717) is 38.0 Å². The number of aromatic nitrogens is 1. The van der Waals surface area contributed by atoms with Gasteiger partial charge in [-0.1, -0.05) is 36.5 Å². The number of thiazole rings is 1. The molecule has 0 saturated carbocycles. The molecule has 0 aliphatic rings. The number of H-pyrrole nitrogens is 1. The molecule has 3 rings (SSSR count). The van der Waals surface area contributed by atoms with Gasteiger partial charge in [0, 0.05) is 19.5 Å². The Morgan fingerprint density at radius 3 is 2.58 bits per heavy atom. The van der Waals surface area contributed by atoms with Crippen LogP contribution in [0.3, 0.4) is 0 Å². The Labute approximate surface area is 195 Å². The van der Waals surface area contributed by atoms with Crippen LogP contribution in [-0.4, -0.2) is 55.1 Å². The number of hydrogen-bond acceptors (Lipinski definition) is 7. The van der Waals surface area contributed by atoms with Crippen molar-refractivity contribution in [3.05, 3.63) is 63.0 Å². The summed E-state index contributed by atoms with van der Waals surface area (Å²) in [5.74, 6) is -0.298. The number of aromatic hydroxyl groups is 1. The summed E-state index contributed by atoms with van der Waals surface area (Å²) in [4.78, 5) is 16.2. The molecule has 0 spiro atoms. The van der Waals surface area contributed by atoms with E-state index >= 15 is 0 Å². The van der Waals surface area contributed by atoms with Gasteiger partial charge in [0.25, 0.3) is 0 Å². The van der Waals surface area contributed by atoms with Crippen molar-refractivity contribution in [1.82, 2.24) is 9.88 Å². The quantitative estimate of drug-likeness (QED) is 0.353. The first-order chi connectivity index (χ1) is 15.7. The van der Waals surface area contributed by atoms with Crippen molar-refractivity contribution < 1.29 is 22.7 Å². The number of likely N-dealkylation sites (N-methyl/N-ethyl adjacent to an activating group) is 1. The zero-order valence-corrected chi connectivity index (χ0v) is 19.9. The summed E-state index contributed by atoms with van der Waals surface area (Å²) in [6.07, 6.45) is 1.28. The first-order valence-corrected chi connectivity index (χ1v) is 13.0. The molecule has 0 bridgehead atoms. The van der Waals surface area contributed by atoms with Crippen LogP contribution in [0.1, 0.15) is 24.5 Å². The molecule has 2 aromatic carbocycles. The molecule has 0 aliphatic heterocycles. The third-order valence-electron chi connectivity index (χ3n) is 5.44. The van der Waals surface area contributed by atoms with E-state index in [1.54, 1.807) is 24.3 Å². The average Bonchev–Trinajstić information content (AvgIpc) is 3.16. The molecule has 0 radical (unpaired) electrons. The van der Waals surface area contributed by atoms with Crippen LogP contribution < -0.4 is 10.0 Å². The van der Waals surface area contributed by atoms with Gasteiger partial charge in [-0.15, -0.1) is 0 Å². The number of phenolic OH excluding ortho intramolecular Hbond substituents is 1. The number of hydrogen-bond donors (Lipinski definition) is 3. The number of aromatic amines is 1. The average molecular weight is 498 g/mol. The summed E-state index contributed by atoms with van der Waals surface area (Å²) in [6, 6.07) is 9.30. The summed E-state index contributed by atoms with van der Waals surface area (Å²) in [5, 5.41) is 15.3. The van der Waals surface area contributed by atoms with Crippen LogP contribution in [0.5, 0.6) is 5.75 Å². The monoisotopic (exact) mass is 497 g/mol. The molecule has 3 aromatic rings. The Bertz CT molecular complexity index is 1230. The zero-order valence-electron chi connectivity index (χ0n) is 18.3. The molecule has 1 aromatic heterocycles. The van der Waals surface area contributed by atoms with E-state index in [1.807, 2.05) is 6.92 Å². The number of fused-ring (bicyclic) bond motifs is 1. The predicted octanol–water partition coefficient (Wildman–Crippen LogP) is 2.56. The van der Waals surface area contributed by atoms with Gasteiger partial charge in [0.1, 0.15) is 17.1 Å². The van der Waals surface area contributed by atoms with E-state index in [-0.39, 0.29) is 29.5 Å². The van der Waals surface area contributed by atoms with E-state index < -0.39 is 15.5 Å². The molecule has 1 heterocycles. The molecule has 11 heteroatoms. The van der Waals surface area contributed by atoms with E-state index in [1.165, 1.54) is 12.1 Å². The Hall–Kier alpha value is -2.31. The van der Waals surface area contributed by atoms with E-state index in [9.17, 15) is 22.7 Å². The van der Waals surface area contributed by atoms with Crippen molar-refractivity contribution >= 4 is 31.6 Å². The largest absolute Gasteiger partial charge is 0.506 e. The zero-order chi connectivity index (χ0) is 24.0. The van der Waals surface area contributed by atoms with E-state index in [0.717, 1.165) is 27.2 Å². The smallest absolute Gasteiger partial charge is 0.305 e. The summed E-state index contributed by atoms with van der Waals surface area (Å²) in [7, 11) is -3.90. The van der Waals surface area contributed by atoms with Crippen LogP contribution in [0.2, 0.25) is 0 Å². The number of halogens is 1. The fourth-order valence-corrected chi connectivity index (χ4v) is 5.18. The van der Waals surface area contributed by atoms with Gasteiger partial charge < -0.3 is 19.7 Å². The van der Waals surface area contributed by atoms with Gasteiger partial charge in [0.15, 0.2) is 5.44 Å². The maximum absolute atomic E-state index is 13.0. The van der Waals surface area contributed by atoms with Crippen molar-refractivity contribution in [3.8, 4) is 5.75 Å². The lowest BCUT2D eigenvalue weighted by Gasteiger charge is -2.23. The molecule has 0 aliphatic carbocycles. The normalized spacial score (nSPS) is 13.1. The number of sulfonamides is 1. The van der Waals surface area contributed by atoms with E-state index in [2.05, 4.69) is 9.88 Å². The Morgan fingerprint density at radius 1 is 1.18 bits per heavy atom. The second-order valence-electron chi connectivity index (χ2n) is 7.70. The van der Waals surface area contributed by atoms with Crippen molar-refractivity contribution in [2.24, 2.45) is 5.14 Å². The number of primary sulfonamides is 1. The third kappa shape index (κ3) is 7.08. The molecule has 8 nitrogen and oxygen atoms in total. The van der Waals surface area contributed by atoms with Gasteiger partial charge in [-0.25, -0.2) is 17.9 Å². The molecule has 1 atom stereocenters. The van der Waals surface area contributed by atoms with Crippen molar-refractivity contribution in [2.45, 2.75) is 31.6 Å². The minimum absolute atomic E-state index is 0.0354. The Balaban J connectivity index is 1.56. The SMILES string of the molecule is CCN(CCc1ccc(O)c2[nH]c(=O)sc12)CCC(OCCc1ccc(F)cc1)S(N)(=O)=O. The number of nitrogens with one attached hydrogen (secondary N) is 1. The fourth-order valence-electron chi connectivity index (χ4n) is 3.57. The lowest BCUT2D eigenvalue weighted by molar-refractivity contribution is 0.0927. The van der Waals surface area contributed by atoms with Crippen molar-refractivity contribution in [3.63, 3.8) is 0 Å². The van der Waals surface area contributed by atoms with Gasteiger partial charge in [-0.2, -0.15) is 0 Å². The number of benzene rings is 2. The number of phenols is 1. The van der Waals surface area contributed by atoms with Gasteiger partial charge >= 0.3 is 4.87 Å². The summed E-state index contributed by atoms with van der Waals surface area (Å²) in [5.41, 5.74) is 1.08. The lowest BCUT2D eigenvalue weighted by atomic mass is 10.1. The first kappa shape index (κ1) is 25.3. The highest BCUT2D eigenvalue weighted by atomic mass is 32.2.